The molecule has 1 saturated heterocycles. The number of amides is 2. The lowest BCUT2D eigenvalue weighted by molar-refractivity contribution is -0.138. The fraction of sp³-hybridized carbons (Fsp3) is 0.400. The molecular weight excluding hydrogens is 386 g/mol. The van der Waals surface area contributed by atoms with Crippen LogP contribution in [0.2, 0.25) is 0 Å². The Balaban J connectivity index is 1.31. The van der Waals surface area contributed by atoms with Gasteiger partial charge in [0, 0.05) is 31.8 Å². The van der Waals surface area contributed by atoms with Crippen molar-refractivity contribution in [2.75, 3.05) is 13.6 Å². The number of amidine groups is 1. The molecule has 4 rings (SSSR count). The van der Waals surface area contributed by atoms with Crippen molar-refractivity contribution >= 4 is 17.6 Å². The second kappa shape index (κ2) is 8.54. The minimum absolute atomic E-state index is 0.114. The Morgan fingerprint density at radius 2 is 2.10 bits per heavy atom. The molecule has 0 spiro atoms. The molecule has 2 aliphatic heterocycles. The minimum Gasteiger partial charge on any atom is -0.361 e. The van der Waals surface area contributed by atoms with Gasteiger partial charge in [0.05, 0.1) is 12.1 Å². The number of carbonyl (C=O) groups excluding carboxylic acids is 2. The maximum absolute atomic E-state index is 12.7. The fourth-order valence-electron chi connectivity index (χ4n) is 3.64. The molecule has 1 aromatic carbocycles. The lowest BCUT2D eigenvalue weighted by Crippen LogP contribution is -2.46. The van der Waals surface area contributed by atoms with E-state index in [9.17, 15) is 9.59 Å². The number of hydrazine groups is 2. The molecule has 10 nitrogen and oxygen atoms in total. The first-order valence-electron chi connectivity index (χ1n) is 9.92. The van der Waals surface area contributed by atoms with Crippen molar-refractivity contribution in [2.24, 2.45) is 5.10 Å². The number of aryl methyl sites for hydroxylation is 1. The number of hydrogen-bond donors (Lipinski definition) is 3. The smallest absolute Gasteiger partial charge is 0.243 e. The fourth-order valence-corrected chi connectivity index (χ4v) is 3.64. The summed E-state index contributed by atoms with van der Waals surface area (Å²) in [5, 5.41) is 12.6. The van der Waals surface area contributed by atoms with Gasteiger partial charge in [-0.15, -0.1) is 10.2 Å². The van der Waals surface area contributed by atoms with Gasteiger partial charge in [0.25, 0.3) is 0 Å². The van der Waals surface area contributed by atoms with Crippen molar-refractivity contribution in [1.29, 1.82) is 0 Å². The zero-order chi connectivity index (χ0) is 21.1. The summed E-state index contributed by atoms with van der Waals surface area (Å²) in [6, 6.07) is 9.08. The molecule has 0 saturated carbocycles. The maximum Gasteiger partial charge on any atom is 0.243 e. The van der Waals surface area contributed by atoms with E-state index < -0.39 is 6.04 Å². The Bertz CT molecular complexity index is 954. The molecule has 0 bridgehead atoms. The van der Waals surface area contributed by atoms with E-state index in [0.29, 0.717) is 25.3 Å². The first kappa shape index (κ1) is 19.9. The molecule has 158 valence electrons. The van der Waals surface area contributed by atoms with Gasteiger partial charge in [-0.3, -0.25) is 15.0 Å². The van der Waals surface area contributed by atoms with Crippen molar-refractivity contribution < 1.29 is 14.1 Å². The first-order valence-corrected chi connectivity index (χ1v) is 9.92. The summed E-state index contributed by atoms with van der Waals surface area (Å²) in [6.07, 6.45) is 1.59. The largest absolute Gasteiger partial charge is 0.361 e. The standard InChI is InChI=1S/C20H25N7O3/c1-13-10-16(30-24-13)11-18(28)27-9-3-4-17(27)20(29)21-12-14-5-7-15(8-6-14)19-22-25-26(2)23-19/h5-8,10,17,25H,3-4,9,11-12H2,1-2H3,(H,21,29)(H,22,23)/t17-/m0/s1. The van der Waals surface area contributed by atoms with Crippen LogP contribution in [-0.2, 0) is 22.6 Å². The Morgan fingerprint density at radius 3 is 2.77 bits per heavy atom. The van der Waals surface area contributed by atoms with Crippen LogP contribution in [0.25, 0.3) is 0 Å². The van der Waals surface area contributed by atoms with Crippen molar-refractivity contribution in [3.05, 3.63) is 52.9 Å². The predicted molar refractivity (Wildman–Crippen MR) is 109 cm³/mol. The average molecular weight is 411 g/mol. The molecule has 3 heterocycles. The van der Waals surface area contributed by atoms with Crippen molar-refractivity contribution in [2.45, 2.75) is 38.8 Å². The Kier molecular flexibility index (Phi) is 5.66. The summed E-state index contributed by atoms with van der Waals surface area (Å²) >= 11 is 0. The van der Waals surface area contributed by atoms with Crippen LogP contribution < -0.4 is 16.3 Å². The molecule has 2 aromatic rings. The predicted octanol–water partition coefficient (Wildman–Crippen LogP) is 0.449. The van der Waals surface area contributed by atoms with Gasteiger partial charge < -0.3 is 14.7 Å². The topological polar surface area (TPSA) is 115 Å². The van der Waals surface area contributed by atoms with E-state index in [1.165, 1.54) is 0 Å². The van der Waals surface area contributed by atoms with Crippen LogP contribution >= 0.6 is 0 Å². The summed E-state index contributed by atoms with van der Waals surface area (Å²) < 4.78 is 5.13. The van der Waals surface area contributed by atoms with Gasteiger partial charge in [-0.1, -0.05) is 29.4 Å². The van der Waals surface area contributed by atoms with Gasteiger partial charge >= 0.3 is 0 Å². The van der Waals surface area contributed by atoms with Gasteiger partial charge in [-0.05, 0) is 25.3 Å². The van der Waals surface area contributed by atoms with Crippen LogP contribution in [0.4, 0.5) is 0 Å². The highest BCUT2D eigenvalue weighted by atomic mass is 16.5. The SMILES string of the molecule is Cc1cc(CC(=O)N2CCC[C@H]2C(=O)NCc2ccc(C3=NNN(C)N3)cc2)on1. The summed E-state index contributed by atoms with van der Waals surface area (Å²) in [5.41, 5.74) is 8.51. The van der Waals surface area contributed by atoms with Gasteiger partial charge in [0.15, 0.2) is 5.84 Å². The van der Waals surface area contributed by atoms with Gasteiger partial charge in [-0.2, -0.15) is 0 Å². The first-order chi connectivity index (χ1) is 14.5. The van der Waals surface area contributed by atoms with Crippen LogP contribution in [0.3, 0.4) is 0 Å². The summed E-state index contributed by atoms with van der Waals surface area (Å²) in [4.78, 5) is 27.0. The third-order valence-corrected chi connectivity index (χ3v) is 5.16. The quantitative estimate of drug-likeness (QED) is 0.632. The maximum atomic E-state index is 12.7. The number of likely N-dealkylation sites (tertiary alicyclic amines) is 1. The lowest BCUT2D eigenvalue weighted by atomic mass is 10.1. The molecule has 2 aliphatic rings. The normalized spacial score (nSPS) is 18.7. The number of nitrogens with zero attached hydrogens (tertiary/aromatic N) is 4. The number of benzene rings is 1. The summed E-state index contributed by atoms with van der Waals surface area (Å²) in [6.45, 7) is 2.79. The molecule has 1 fully saturated rings. The number of aromatic nitrogens is 1. The molecule has 0 unspecified atom stereocenters. The van der Waals surface area contributed by atoms with E-state index in [0.717, 1.165) is 29.1 Å². The molecule has 2 amide bonds. The zero-order valence-corrected chi connectivity index (χ0v) is 17.0. The number of rotatable bonds is 6. The van der Waals surface area contributed by atoms with Gasteiger partial charge in [-0.25, -0.2) is 5.53 Å². The second-order valence-corrected chi connectivity index (χ2v) is 7.50. The monoisotopic (exact) mass is 411 g/mol. The van der Waals surface area contributed by atoms with Crippen molar-refractivity contribution in [3.63, 3.8) is 0 Å². The molecule has 1 aromatic heterocycles. The Labute approximate surface area is 174 Å². The third kappa shape index (κ3) is 4.43. The minimum atomic E-state index is -0.445. The number of hydrogen-bond acceptors (Lipinski definition) is 8. The number of carbonyl (C=O) groups is 2. The molecule has 30 heavy (non-hydrogen) atoms. The van der Waals surface area contributed by atoms with Crippen LogP contribution in [-0.4, -0.2) is 52.5 Å². The highest BCUT2D eigenvalue weighted by Gasteiger charge is 2.34. The highest BCUT2D eigenvalue weighted by molar-refractivity contribution is 5.98. The highest BCUT2D eigenvalue weighted by Crippen LogP contribution is 2.19. The summed E-state index contributed by atoms with van der Waals surface area (Å²) in [5.74, 6) is 1.00. The second-order valence-electron chi connectivity index (χ2n) is 7.50. The van der Waals surface area contributed by atoms with E-state index in [1.54, 1.807) is 16.1 Å². The van der Waals surface area contributed by atoms with Gasteiger partial charge in [0.2, 0.25) is 11.8 Å². The molecule has 0 aliphatic carbocycles. The zero-order valence-electron chi connectivity index (χ0n) is 17.0. The van der Waals surface area contributed by atoms with E-state index in [4.69, 9.17) is 4.52 Å². The van der Waals surface area contributed by atoms with E-state index >= 15 is 0 Å². The number of hydrazone groups is 1. The molecule has 1 atom stereocenters. The van der Waals surface area contributed by atoms with Crippen LogP contribution in [0.15, 0.2) is 40.0 Å². The van der Waals surface area contributed by atoms with Crippen molar-refractivity contribution in [1.82, 2.24) is 31.5 Å². The molecule has 10 heteroatoms. The Morgan fingerprint density at radius 1 is 1.30 bits per heavy atom. The van der Waals surface area contributed by atoms with Crippen molar-refractivity contribution in [3.8, 4) is 0 Å². The molecular formula is C20H25N7O3. The van der Waals surface area contributed by atoms with Crippen LogP contribution in [0.5, 0.6) is 0 Å². The third-order valence-electron chi connectivity index (χ3n) is 5.16. The van der Waals surface area contributed by atoms with E-state index in [-0.39, 0.29) is 18.2 Å². The molecule has 0 radical (unpaired) electrons. The molecule has 3 N–H and O–H groups in total. The van der Waals surface area contributed by atoms with Gasteiger partial charge in [0.1, 0.15) is 11.8 Å². The number of nitrogens with one attached hydrogen (secondary N) is 3. The summed E-state index contributed by atoms with van der Waals surface area (Å²) in [7, 11) is 1.82. The van der Waals surface area contributed by atoms with E-state index in [2.05, 4.69) is 26.5 Å². The Hall–Kier alpha value is -3.40. The van der Waals surface area contributed by atoms with E-state index in [1.807, 2.05) is 38.2 Å². The van der Waals surface area contributed by atoms with Crippen LogP contribution in [0, 0.1) is 6.92 Å². The lowest BCUT2D eigenvalue weighted by Gasteiger charge is -2.23. The average Bonchev–Trinajstić information content (AvgIpc) is 3.48. The van der Waals surface area contributed by atoms with Crippen LogP contribution in [0.1, 0.15) is 35.4 Å².